The first-order valence-corrected chi connectivity index (χ1v) is 8.59. The minimum atomic E-state index is -4.33. The van der Waals surface area contributed by atoms with Gasteiger partial charge in [-0.15, -0.1) is 0 Å². The minimum absolute atomic E-state index is 0.0910. The summed E-state index contributed by atoms with van der Waals surface area (Å²) in [6.45, 7) is 1.71. The Labute approximate surface area is 134 Å². The van der Waals surface area contributed by atoms with E-state index in [1.165, 1.54) is 12.8 Å². The highest BCUT2D eigenvalue weighted by Crippen LogP contribution is 2.55. The van der Waals surface area contributed by atoms with E-state index < -0.39 is 24.7 Å². The summed E-state index contributed by atoms with van der Waals surface area (Å²) in [6, 6.07) is -0.274. The van der Waals surface area contributed by atoms with E-state index in [4.69, 9.17) is 4.74 Å². The number of ether oxygens (including phenoxy) is 1. The number of nitrogens with zero attached hydrogens (tertiary/aromatic N) is 1. The zero-order valence-corrected chi connectivity index (χ0v) is 13.5. The van der Waals surface area contributed by atoms with Gasteiger partial charge in [0.05, 0.1) is 12.1 Å². The molecule has 23 heavy (non-hydrogen) atoms. The fourth-order valence-corrected chi connectivity index (χ4v) is 4.63. The lowest BCUT2D eigenvalue weighted by atomic mass is 9.60. The Morgan fingerprint density at radius 3 is 2.65 bits per heavy atom. The first-order valence-electron chi connectivity index (χ1n) is 8.59. The third-order valence-corrected chi connectivity index (χ3v) is 5.76. The van der Waals surface area contributed by atoms with Crippen molar-refractivity contribution >= 4 is 5.91 Å². The predicted octanol–water partition coefficient (Wildman–Crippen LogP) is 2.48. The second-order valence-corrected chi connectivity index (χ2v) is 7.06. The summed E-state index contributed by atoms with van der Waals surface area (Å²) >= 11 is 0. The van der Waals surface area contributed by atoms with Crippen LogP contribution in [0.4, 0.5) is 13.2 Å². The molecule has 0 bridgehead atoms. The maximum absolute atomic E-state index is 12.5. The van der Waals surface area contributed by atoms with E-state index in [0.29, 0.717) is 13.0 Å². The molecule has 0 aromatic rings. The number of likely N-dealkylation sites (tertiary alicyclic amines) is 1. The van der Waals surface area contributed by atoms with Gasteiger partial charge >= 0.3 is 6.18 Å². The fourth-order valence-electron chi connectivity index (χ4n) is 4.63. The van der Waals surface area contributed by atoms with Crippen molar-refractivity contribution in [2.75, 3.05) is 19.7 Å². The van der Waals surface area contributed by atoms with Gasteiger partial charge in [0, 0.05) is 24.6 Å². The largest absolute Gasteiger partial charge is 0.406 e. The van der Waals surface area contributed by atoms with Crippen molar-refractivity contribution in [2.45, 2.75) is 69.8 Å². The number of nitrogens with one attached hydrogen (secondary N) is 1. The van der Waals surface area contributed by atoms with Crippen LogP contribution in [0.5, 0.6) is 0 Å². The molecule has 0 aromatic carbocycles. The summed E-state index contributed by atoms with van der Waals surface area (Å²) in [5, 5.41) is 3.36. The average molecular weight is 334 g/mol. The molecule has 3 atom stereocenters. The Morgan fingerprint density at radius 2 is 2.04 bits per heavy atom. The van der Waals surface area contributed by atoms with Crippen LogP contribution in [0.1, 0.15) is 45.4 Å². The number of carbonyl (C=O) groups is 1. The molecule has 1 amide bonds. The summed E-state index contributed by atoms with van der Waals surface area (Å²) in [5.74, 6) is -0.407. The monoisotopic (exact) mass is 334 g/mol. The Hall–Kier alpha value is -0.820. The predicted molar refractivity (Wildman–Crippen MR) is 78.9 cm³/mol. The highest BCUT2D eigenvalue weighted by atomic mass is 19.4. The van der Waals surface area contributed by atoms with Gasteiger partial charge in [-0.3, -0.25) is 4.79 Å². The molecule has 0 aromatic heterocycles. The maximum atomic E-state index is 12.5. The Bertz CT molecular complexity index is 449. The normalized spacial score (nSPS) is 33.5. The van der Waals surface area contributed by atoms with Gasteiger partial charge in [-0.1, -0.05) is 12.8 Å². The summed E-state index contributed by atoms with van der Waals surface area (Å²) in [7, 11) is 0. The smallest absolute Gasteiger partial charge is 0.378 e. The standard InChI is InChI=1S/C16H25F3N2O2/c1-2-23-13-9-12(15(13)6-3-4-7-15)20-11-5-8-21(14(11)22)10-16(17,18)19/h11-13,20H,2-10H2,1H3. The first-order chi connectivity index (χ1) is 10.9. The molecule has 3 aliphatic rings. The molecule has 0 radical (unpaired) electrons. The topological polar surface area (TPSA) is 41.6 Å². The first kappa shape index (κ1) is 17.0. The number of hydrogen-bond donors (Lipinski definition) is 1. The quantitative estimate of drug-likeness (QED) is 0.840. The molecule has 3 rings (SSSR count). The van der Waals surface area contributed by atoms with E-state index >= 15 is 0 Å². The molecule has 2 aliphatic carbocycles. The molecular formula is C16H25F3N2O2. The molecule has 1 aliphatic heterocycles. The van der Waals surface area contributed by atoms with Crippen LogP contribution in [0, 0.1) is 5.41 Å². The van der Waals surface area contributed by atoms with Gasteiger partial charge in [0.2, 0.25) is 5.91 Å². The molecular weight excluding hydrogens is 309 g/mol. The Balaban J connectivity index is 1.59. The van der Waals surface area contributed by atoms with Gasteiger partial charge in [-0.2, -0.15) is 13.2 Å². The minimum Gasteiger partial charge on any atom is -0.378 e. The second-order valence-electron chi connectivity index (χ2n) is 7.06. The van der Waals surface area contributed by atoms with Crippen LogP contribution >= 0.6 is 0 Å². The zero-order valence-electron chi connectivity index (χ0n) is 13.5. The Kier molecular flexibility index (Phi) is 4.62. The van der Waals surface area contributed by atoms with Gasteiger partial charge in [0.25, 0.3) is 0 Å². The van der Waals surface area contributed by atoms with Gasteiger partial charge in [0.1, 0.15) is 6.54 Å². The van der Waals surface area contributed by atoms with Crippen molar-refractivity contribution in [2.24, 2.45) is 5.41 Å². The fraction of sp³-hybridized carbons (Fsp3) is 0.938. The van der Waals surface area contributed by atoms with E-state index in [2.05, 4.69) is 5.32 Å². The van der Waals surface area contributed by atoms with Crippen molar-refractivity contribution < 1.29 is 22.7 Å². The number of halogens is 3. The van der Waals surface area contributed by atoms with Crippen LogP contribution in [0.25, 0.3) is 0 Å². The number of alkyl halides is 3. The summed E-state index contributed by atoms with van der Waals surface area (Å²) in [6.07, 6.45) is 1.73. The van der Waals surface area contributed by atoms with Crippen LogP contribution in [-0.4, -0.2) is 54.9 Å². The Morgan fingerprint density at radius 1 is 1.35 bits per heavy atom. The molecule has 1 spiro atoms. The number of carbonyl (C=O) groups excluding carboxylic acids is 1. The lowest BCUT2D eigenvalue weighted by Crippen LogP contribution is -2.65. The third-order valence-electron chi connectivity index (χ3n) is 5.76. The summed E-state index contributed by atoms with van der Waals surface area (Å²) in [5.41, 5.74) is 0.0910. The van der Waals surface area contributed by atoms with Crippen molar-refractivity contribution in [3.05, 3.63) is 0 Å². The van der Waals surface area contributed by atoms with E-state index in [0.717, 1.165) is 24.2 Å². The van der Waals surface area contributed by atoms with Crippen molar-refractivity contribution in [1.82, 2.24) is 10.2 Å². The molecule has 3 unspecified atom stereocenters. The number of amides is 1. The summed E-state index contributed by atoms with van der Waals surface area (Å²) in [4.78, 5) is 13.1. The highest BCUT2D eigenvalue weighted by molar-refractivity contribution is 5.84. The molecule has 1 saturated heterocycles. The van der Waals surface area contributed by atoms with E-state index in [1.807, 2.05) is 6.92 Å². The molecule has 1 N–H and O–H groups in total. The highest BCUT2D eigenvalue weighted by Gasteiger charge is 2.57. The number of hydrogen-bond acceptors (Lipinski definition) is 3. The SMILES string of the molecule is CCOC1CC(NC2CCN(CC(F)(F)F)C2=O)C12CCCC2. The van der Waals surface area contributed by atoms with Crippen LogP contribution in [-0.2, 0) is 9.53 Å². The lowest BCUT2D eigenvalue weighted by molar-refractivity contribution is -0.159. The molecule has 7 heteroatoms. The molecule has 2 saturated carbocycles. The zero-order chi connectivity index (χ0) is 16.7. The molecule has 3 fully saturated rings. The molecule has 4 nitrogen and oxygen atoms in total. The van der Waals surface area contributed by atoms with Gasteiger partial charge in [-0.05, 0) is 32.6 Å². The van der Waals surface area contributed by atoms with Crippen molar-refractivity contribution in [3.63, 3.8) is 0 Å². The van der Waals surface area contributed by atoms with Crippen molar-refractivity contribution in [3.8, 4) is 0 Å². The van der Waals surface area contributed by atoms with Crippen LogP contribution in [0.15, 0.2) is 0 Å². The third kappa shape index (κ3) is 3.22. The molecule has 132 valence electrons. The van der Waals surface area contributed by atoms with Gasteiger partial charge in [0.15, 0.2) is 0 Å². The van der Waals surface area contributed by atoms with Crippen LogP contribution < -0.4 is 5.32 Å². The molecule has 1 heterocycles. The van der Waals surface area contributed by atoms with E-state index in [9.17, 15) is 18.0 Å². The average Bonchev–Trinajstić information content (AvgIpc) is 3.08. The number of rotatable bonds is 5. The van der Waals surface area contributed by atoms with Crippen LogP contribution in [0.2, 0.25) is 0 Å². The van der Waals surface area contributed by atoms with Gasteiger partial charge in [-0.25, -0.2) is 0 Å². The van der Waals surface area contributed by atoms with Gasteiger partial charge < -0.3 is 15.0 Å². The summed E-state index contributed by atoms with van der Waals surface area (Å²) < 4.78 is 43.3. The van der Waals surface area contributed by atoms with Crippen molar-refractivity contribution in [1.29, 1.82) is 0 Å². The second kappa shape index (κ2) is 6.24. The van der Waals surface area contributed by atoms with E-state index in [-0.39, 0.29) is 24.1 Å². The van der Waals surface area contributed by atoms with Crippen LogP contribution in [0.3, 0.4) is 0 Å². The maximum Gasteiger partial charge on any atom is 0.406 e. The van der Waals surface area contributed by atoms with E-state index in [1.54, 1.807) is 0 Å². The lowest BCUT2D eigenvalue weighted by Gasteiger charge is -2.54.